The van der Waals surface area contributed by atoms with E-state index in [1.54, 1.807) is 0 Å². The summed E-state index contributed by atoms with van der Waals surface area (Å²) in [4.78, 5) is 2.03. The normalized spacial score (nSPS) is 27.8. The highest BCUT2D eigenvalue weighted by Gasteiger charge is 2.28. The van der Waals surface area contributed by atoms with Crippen LogP contribution in [0.2, 0.25) is 0 Å². The molecule has 0 aromatic carbocycles. The minimum atomic E-state index is -0.583. The third-order valence-electron chi connectivity index (χ3n) is 2.73. The summed E-state index contributed by atoms with van der Waals surface area (Å²) < 4.78 is 5.47. The topological polar surface area (TPSA) is 52.9 Å². The molecule has 0 amide bonds. The van der Waals surface area contributed by atoms with Gasteiger partial charge in [0.25, 0.3) is 0 Å². The minimum Gasteiger partial charge on any atom is -0.389 e. The van der Waals surface area contributed by atoms with Crippen molar-refractivity contribution >= 4 is 0 Å². The Hall–Kier alpha value is -0.160. The molecule has 1 fully saturated rings. The first kappa shape index (κ1) is 12.9. The molecule has 1 heterocycles. The molecule has 4 nitrogen and oxygen atoms in total. The number of hydrogen-bond acceptors (Lipinski definition) is 4. The zero-order valence-electron chi connectivity index (χ0n) is 9.72. The molecule has 0 aromatic rings. The quantitative estimate of drug-likeness (QED) is 0.619. The van der Waals surface area contributed by atoms with Gasteiger partial charge in [0, 0.05) is 26.2 Å². The zero-order chi connectivity index (χ0) is 11.3. The van der Waals surface area contributed by atoms with Crippen LogP contribution in [0.25, 0.3) is 0 Å². The molecule has 1 rings (SSSR count). The highest BCUT2D eigenvalue weighted by Crippen LogP contribution is 2.09. The Morgan fingerprint density at radius 1 is 1.20 bits per heavy atom. The maximum absolute atomic E-state index is 9.31. The van der Waals surface area contributed by atoms with Gasteiger partial charge in [0.1, 0.15) is 0 Å². The van der Waals surface area contributed by atoms with Crippen LogP contribution < -0.4 is 0 Å². The Morgan fingerprint density at radius 3 is 2.33 bits per heavy atom. The summed E-state index contributed by atoms with van der Waals surface area (Å²) in [5.41, 5.74) is 0. The summed E-state index contributed by atoms with van der Waals surface area (Å²) in [6.07, 6.45) is -0.0769. The minimum absolute atomic E-state index is 0.564. The Bertz CT molecular complexity index is 165. The Kier molecular flexibility index (Phi) is 5.53. The van der Waals surface area contributed by atoms with Crippen LogP contribution in [-0.4, -0.2) is 60.2 Å². The van der Waals surface area contributed by atoms with Gasteiger partial charge in [0.05, 0.1) is 18.8 Å². The molecule has 90 valence electrons. The van der Waals surface area contributed by atoms with Crippen molar-refractivity contribution < 1.29 is 14.9 Å². The fraction of sp³-hybridized carbons (Fsp3) is 1.00. The van der Waals surface area contributed by atoms with E-state index >= 15 is 0 Å². The predicted molar refractivity (Wildman–Crippen MR) is 58.7 cm³/mol. The SMILES string of the molecule is CC(C)CCOCCN1C[C@@H](O)[C@@H](O)C1. The molecular weight excluding hydrogens is 194 g/mol. The van der Waals surface area contributed by atoms with Gasteiger partial charge in [-0.25, -0.2) is 0 Å². The van der Waals surface area contributed by atoms with Crippen molar-refractivity contribution in [3.05, 3.63) is 0 Å². The molecular formula is C11H23NO3. The van der Waals surface area contributed by atoms with Gasteiger partial charge in [-0.2, -0.15) is 0 Å². The predicted octanol–water partition coefficient (Wildman–Crippen LogP) is 0.0865. The molecule has 0 radical (unpaired) electrons. The molecule has 0 aliphatic carbocycles. The van der Waals surface area contributed by atoms with Gasteiger partial charge in [-0.05, 0) is 12.3 Å². The maximum atomic E-state index is 9.31. The molecule has 2 N–H and O–H groups in total. The smallest absolute Gasteiger partial charge is 0.0938 e. The largest absolute Gasteiger partial charge is 0.389 e. The lowest BCUT2D eigenvalue weighted by molar-refractivity contribution is 0.0572. The summed E-state index contributed by atoms with van der Waals surface area (Å²) >= 11 is 0. The van der Waals surface area contributed by atoms with Crippen molar-refractivity contribution in [2.75, 3.05) is 32.8 Å². The van der Waals surface area contributed by atoms with Gasteiger partial charge in [-0.3, -0.25) is 4.90 Å². The van der Waals surface area contributed by atoms with Crippen LogP contribution in [-0.2, 0) is 4.74 Å². The lowest BCUT2D eigenvalue weighted by Crippen LogP contribution is -2.26. The Morgan fingerprint density at radius 2 is 1.80 bits per heavy atom. The van der Waals surface area contributed by atoms with Gasteiger partial charge in [0.15, 0.2) is 0 Å². The van der Waals surface area contributed by atoms with Crippen LogP contribution in [0, 0.1) is 5.92 Å². The summed E-state index contributed by atoms with van der Waals surface area (Å²) in [5, 5.41) is 18.6. The third-order valence-corrected chi connectivity index (χ3v) is 2.73. The van der Waals surface area contributed by atoms with Gasteiger partial charge in [-0.1, -0.05) is 13.8 Å². The van der Waals surface area contributed by atoms with Gasteiger partial charge in [0.2, 0.25) is 0 Å². The van der Waals surface area contributed by atoms with Crippen molar-refractivity contribution in [1.29, 1.82) is 0 Å². The zero-order valence-corrected chi connectivity index (χ0v) is 9.72. The van der Waals surface area contributed by atoms with Crippen molar-refractivity contribution in [1.82, 2.24) is 4.90 Å². The van der Waals surface area contributed by atoms with E-state index in [2.05, 4.69) is 13.8 Å². The molecule has 15 heavy (non-hydrogen) atoms. The van der Waals surface area contributed by atoms with Crippen molar-refractivity contribution in [2.24, 2.45) is 5.92 Å². The molecule has 1 aliphatic heterocycles. The number of hydrogen-bond donors (Lipinski definition) is 2. The molecule has 0 unspecified atom stereocenters. The van der Waals surface area contributed by atoms with Crippen LogP contribution in [0.3, 0.4) is 0 Å². The van der Waals surface area contributed by atoms with Gasteiger partial charge in [-0.15, -0.1) is 0 Å². The number of β-amino-alcohol motifs (C(OH)–C–C–N with tert-alkyl or cyclic N) is 2. The second kappa shape index (κ2) is 6.43. The van der Waals surface area contributed by atoms with Gasteiger partial charge < -0.3 is 14.9 Å². The number of aliphatic hydroxyl groups is 2. The van der Waals surface area contributed by atoms with Crippen LogP contribution in [0.5, 0.6) is 0 Å². The second-order valence-corrected chi connectivity index (χ2v) is 4.69. The summed E-state index contributed by atoms with van der Waals surface area (Å²) in [5.74, 6) is 0.681. The molecule has 2 atom stereocenters. The third kappa shape index (κ3) is 4.93. The van der Waals surface area contributed by atoms with Crippen LogP contribution >= 0.6 is 0 Å². The Balaban J connectivity index is 1.97. The van der Waals surface area contributed by atoms with Crippen LogP contribution in [0.1, 0.15) is 20.3 Å². The average molecular weight is 217 g/mol. The molecule has 1 saturated heterocycles. The second-order valence-electron chi connectivity index (χ2n) is 4.69. The van der Waals surface area contributed by atoms with Crippen LogP contribution in [0.4, 0.5) is 0 Å². The van der Waals surface area contributed by atoms with Crippen molar-refractivity contribution in [3.8, 4) is 0 Å². The number of likely N-dealkylation sites (tertiary alicyclic amines) is 1. The number of aliphatic hydroxyl groups excluding tert-OH is 2. The van der Waals surface area contributed by atoms with E-state index in [0.29, 0.717) is 25.6 Å². The van der Waals surface area contributed by atoms with E-state index in [0.717, 1.165) is 19.6 Å². The van der Waals surface area contributed by atoms with E-state index in [1.807, 2.05) is 4.90 Å². The highest BCUT2D eigenvalue weighted by atomic mass is 16.5. The lowest BCUT2D eigenvalue weighted by atomic mass is 10.1. The van der Waals surface area contributed by atoms with Crippen molar-refractivity contribution in [3.63, 3.8) is 0 Å². The number of ether oxygens (including phenoxy) is 1. The first-order valence-electron chi connectivity index (χ1n) is 5.76. The van der Waals surface area contributed by atoms with E-state index in [9.17, 15) is 10.2 Å². The molecule has 0 spiro atoms. The molecule has 0 aromatic heterocycles. The fourth-order valence-corrected chi connectivity index (χ4v) is 1.64. The first-order chi connectivity index (χ1) is 7.09. The Labute approximate surface area is 91.8 Å². The van der Waals surface area contributed by atoms with E-state index < -0.39 is 12.2 Å². The lowest BCUT2D eigenvalue weighted by Gasteiger charge is -2.14. The van der Waals surface area contributed by atoms with Crippen molar-refractivity contribution in [2.45, 2.75) is 32.5 Å². The monoisotopic (exact) mass is 217 g/mol. The maximum Gasteiger partial charge on any atom is 0.0938 e. The summed E-state index contributed by atoms with van der Waals surface area (Å²) in [7, 11) is 0. The molecule has 4 heteroatoms. The average Bonchev–Trinajstić information content (AvgIpc) is 2.45. The molecule has 0 bridgehead atoms. The number of nitrogens with zero attached hydrogens (tertiary/aromatic N) is 1. The summed E-state index contributed by atoms with van der Waals surface area (Å²) in [6.45, 7) is 7.77. The van der Waals surface area contributed by atoms with Crippen LogP contribution in [0.15, 0.2) is 0 Å². The van der Waals surface area contributed by atoms with E-state index in [1.165, 1.54) is 0 Å². The van der Waals surface area contributed by atoms with Gasteiger partial charge >= 0.3 is 0 Å². The number of rotatable bonds is 6. The van der Waals surface area contributed by atoms with E-state index in [4.69, 9.17) is 4.74 Å². The standard InChI is InChI=1S/C11H23NO3/c1-9(2)3-5-15-6-4-12-7-10(13)11(14)8-12/h9-11,13-14H,3-8H2,1-2H3/t10-,11+. The first-order valence-corrected chi connectivity index (χ1v) is 5.76. The fourth-order valence-electron chi connectivity index (χ4n) is 1.64. The molecule has 0 saturated carbocycles. The molecule has 1 aliphatic rings. The van der Waals surface area contributed by atoms with E-state index in [-0.39, 0.29) is 0 Å². The highest BCUT2D eigenvalue weighted by molar-refractivity contribution is 4.82. The summed E-state index contributed by atoms with van der Waals surface area (Å²) in [6, 6.07) is 0.